The minimum atomic E-state index is -0.160. The maximum Gasteiger partial charge on any atom is 0.253 e. The molecule has 1 fully saturated rings. The summed E-state index contributed by atoms with van der Waals surface area (Å²) >= 11 is 6.36. The van der Waals surface area contributed by atoms with Crippen molar-refractivity contribution in [3.05, 3.63) is 76.8 Å². The zero-order valence-electron chi connectivity index (χ0n) is 16.1. The van der Waals surface area contributed by atoms with Gasteiger partial charge in [0.05, 0.1) is 22.7 Å². The number of nitrogens with one attached hydrogen (secondary N) is 2. The van der Waals surface area contributed by atoms with Gasteiger partial charge < -0.3 is 15.5 Å². The first-order valence-corrected chi connectivity index (χ1v) is 9.94. The summed E-state index contributed by atoms with van der Waals surface area (Å²) in [4.78, 5) is 15.2. The van der Waals surface area contributed by atoms with Gasteiger partial charge in [0, 0.05) is 25.8 Å². The van der Waals surface area contributed by atoms with Gasteiger partial charge in [0.25, 0.3) is 5.91 Å². The van der Waals surface area contributed by atoms with Crippen LogP contribution in [0.3, 0.4) is 0 Å². The van der Waals surface area contributed by atoms with Crippen molar-refractivity contribution in [3.8, 4) is 0 Å². The lowest BCUT2D eigenvalue weighted by Gasteiger charge is -2.37. The predicted molar refractivity (Wildman–Crippen MR) is 116 cm³/mol. The molecule has 4 nitrogen and oxygen atoms in total. The summed E-state index contributed by atoms with van der Waals surface area (Å²) in [5, 5.41) is 9.16. The van der Waals surface area contributed by atoms with Gasteiger partial charge in [-0.2, -0.15) is 0 Å². The number of carbonyl (C=O) groups is 1. The van der Waals surface area contributed by atoms with Crippen LogP contribution in [0.4, 0.5) is 5.69 Å². The number of benzene rings is 3. The van der Waals surface area contributed by atoms with Crippen LogP contribution < -0.4 is 15.5 Å². The average Bonchev–Trinajstić information content (AvgIpc) is 2.66. The molecule has 0 saturated carbocycles. The fourth-order valence-corrected chi connectivity index (χ4v) is 3.85. The Labute approximate surface area is 170 Å². The van der Waals surface area contributed by atoms with E-state index >= 15 is 0 Å². The summed E-state index contributed by atoms with van der Waals surface area (Å²) in [6.07, 6.45) is 0. The topological polar surface area (TPSA) is 44.4 Å². The monoisotopic (exact) mass is 393 g/mol. The van der Waals surface area contributed by atoms with Crippen LogP contribution in [-0.2, 0) is 0 Å². The molecule has 0 bridgehead atoms. The van der Waals surface area contributed by atoms with E-state index in [4.69, 9.17) is 11.6 Å². The molecule has 3 aromatic carbocycles. The van der Waals surface area contributed by atoms with Crippen LogP contribution >= 0.6 is 11.6 Å². The first-order chi connectivity index (χ1) is 13.5. The number of rotatable bonds is 5. The molecule has 1 unspecified atom stereocenters. The second-order valence-corrected chi connectivity index (χ2v) is 7.76. The van der Waals surface area contributed by atoms with Gasteiger partial charge in [-0.25, -0.2) is 0 Å². The Morgan fingerprint density at radius 1 is 1.14 bits per heavy atom. The highest BCUT2D eigenvalue weighted by Crippen LogP contribution is 2.27. The van der Waals surface area contributed by atoms with Crippen molar-refractivity contribution in [3.63, 3.8) is 0 Å². The van der Waals surface area contributed by atoms with Gasteiger partial charge in [0.1, 0.15) is 0 Å². The molecule has 28 heavy (non-hydrogen) atoms. The Balaban J connectivity index is 1.57. The average molecular weight is 394 g/mol. The van der Waals surface area contributed by atoms with Crippen molar-refractivity contribution >= 4 is 34.0 Å². The summed E-state index contributed by atoms with van der Waals surface area (Å²) in [5.74, 6) is -0.160. The molecule has 1 aliphatic heterocycles. The SMILES string of the molecule is CC(NC(=O)c1cc(N(C)C2CNC2)ccc1Cl)c1cccc2ccccc12. The Morgan fingerprint density at radius 2 is 1.89 bits per heavy atom. The number of amides is 1. The van der Waals surface area contributed by atoms with Crippen LogP contribution in [0.25, 0.3) is 10.8 Å². The largest absolute Gasteiger partial charge is 0.369 e. The number of anilines is 1. The molecule has 1 aliphatic rings. The van der Waals surface area contributed by atoms with E-state index < -0.39 is 0 Å². The molecule has 1 heterocycles. The maximum absolute atomic E-state index is 13.0. The van der Waals surface area contributed by atoms with Crippen molar-refractivity contribution < 1.29 is 4.79 Å². The molecular weight excluding hydrogens is 370 g/mol. The van der Waals surface area contributed by atoms with Crippen LogP contribution in [0.15, 0.2) is 60.7 Å². The standard InChI is InChI=1S/C23H24ClN3O/c1-15(19-9-5-7-16-6-3-4-8-20(16)19)26-23(28)21-12-17(10-11-22(21)24)27(2)18-13-25-14-18/h3-12,15,18,25H,13-14H2,1-2H3,(H,26,28). The summed E-state index contributed by atoms with van der Waals surface area (Å²) in [6.45, 7) is 3.92. The molecule has 1 atom stereocenters. The first-order valence-electron chi connectivity index (χ1n) is 9.56. The Morgan fingerprint density at radius 3 is 2.64 bits per heavy atom. The number of likely N-dealkylation sites (N-methyl/N-ethyl adjacent to an activating group) is 1. The summed E-state index contributed by atoms with van der Waals surface area (Å²) in [6, 6.07) is 20.3. The first kappa shape index (κ1) is 18.8. The molecule has 4 rings (SSSR count). The van der Waals surface area contributed by atoms with Crippen molar-refractivity contribution in [2.75, 3.05) is 25.0 Å². The van der Waals surface area contributed by atoms with Gasteiger partial charge in [0.15, 0.2) is 0 Å². The Kier molecular flexibility index (Phi) is 5.25. The minimum Gasteiger partial charge on any atom is -0.369 e. The summed E-state index contributed by atoms with van der Waals surface area (Å²) < 4.78 is 0. The Hall–Kier alpha value is -2.56. The molecule has 0 aromatic heterocycles. The fraction of sp³-hybridized carbons (Fsp3) is 0.261. The fourth-order valence-electron chi connectivity index (χ4n) is 3.64. The zero-order chi connectivity index (χ0) is 19.7. The van der Waals surface area contributed by atoms with Crippen molar-refractivity contribution in [2.45, 2.75) is 19.0 Å². The lowest BCUT2D eigenvalue weighted by atomic mass is 9.99. The molecule has 1 amide bonds. The molecule has 5 heteroatoms. The highest BCUT2D eigenvalue weighted by molar-refractivity contribution is 6.34. The van der Waals surface area contributed by atoms with Crippen molar-refractivity contribution in [1.82, 2.24) is 10.6 Å². The van der Waals surface area contributed by atoms with E-state index in [1.165, 1.54) is 0 Å². The zero-order valence-corrected chi connectivity index (χ0v) is 16.8. The van der Waals surface area contributed by atoms with Crippen LogP contribution in [0.1, 0.15) is 28.9 Å². The number of fused-ring (bicyclic) bond motifs is 1. The normalized spacial score (nSPS) is 15.1. The van der Waals surface area contributed by atoms with Gasteiger partial charge in [-0.15, -0.1) is 0 Å². The van der Waals surface area contributed by atoms with Gasteiger partial charge >= 0.3 is 0 Å². The van der Waals surface area contributed by atoms with Crippen LogP contribution in [0, 0.1) is 0 Å². The Bertz CT molecular complexity index is 1010. The lowest BCUT2D eigenvalue weighted by molar-refractivity contribution is 0.0940. The highest BCUT2D eigenvalue weighted by Gasteiger charge is 2.23. The molecule has 2 N–H and O–H groups in total. The van der Waals surface area contributed by atoms with Gasteiger partial charge in [0.2, 0.25) is 0 Å². The second-order valence-electron chi connectivity index (χ2n) is 7.35. The second kappa shape index (κ2) is 7.82. The molecule has 3 aromatic rings. The quantitative estimate of drug-likeness (QED) is 0.675. The minimum absolute atomic E-state index is 0.133. The molecular formula is C23H24ClN3O. The van der Waals surface area contributed by atoms with E-state index in [1.54, 1.807) is 6.07 Å². The maximum atomic E-state index is 13.0. The van der Waals surface area contributed by atoms with E-state index in [9.17, 15) is 4.79 Å². The van der Waals surface area contributed by atoms with E-state index in [0.717, 1.165) is 35.1 Å². The molecule has 0 radical (unpaired) electrons. The number of nitrogens with zero attached hydrogens (tertiary/aromatic N) is 1. The van der Waals surface area contributed by atoms with Crippen molar-refractivity contribution in [2.24, 2.45) is 0 Å². The van der Waals surface area contributed by atoms with Gasteiger partial charge in [-0.3, -0.25) is 4.79 Å². The van der Waals surface area contributed by atoms with E-state index in [-0.39, 0.29) is 11.9 Å². The smallest absolute Gasteiger partial charge is 0.253 e. The molecule has 144 valence electrons. The number of halogens is 1. The molecule has 1 saturated heterocycles. The van der Waals surface area contributed by atoms with Crippen LogP contribution in [-0.4, -0.2) is 32.1 Å². The highest BCUT2D eigenvalue weighted by atomic mass is 35.5. The van der Waals surface area contributed by atoms with Gasteiger partial charge in [-0.1, -0.05) is 54.1 Å². The number of hydrogen-bond acceptors (Lipinski definition) is 3. The van der Waals surface area contributed by atoms with Crippen LogP contribution in [0.2, 0.25) is 5.02 Å². The molecule has 0 aliphatic carbocycles. The van der Waals surface area contributed by atoms with E-state index in [0.29, 0.717) is 16.6 Å². The van der Waals surface area contributed by atoms with Gasteiger partial charge in [-0.05, 0) is 41.5 Å². The number of hydrogen-bond donors (Lipinski definition) is 2. The van der Waals surface area contributed by atoms with E-state index in [2.05, 4.69) is 46.8 Å². The van der Waals surface area contributed by atoms with E-state index in [1.807, 2.05) is 37.3 Å². The van der Waals surface area contributed by atoms with Crippen LogP contribution in [0.5, 0.6) is 0 Å². The number of carbonyl (C=O) groups excluding carboxylic acids is 1. The third-order valence-electron chi connectivity index (χ3n) is 5.55. The van der Waals surface area contributed by atoms with Crippen molar-refractivity contribution in [1.29, 1.82) is 0 Å². The summed E-state index contributed by atoms with van der Waals surface area (Å²) in [5.41, 5.74) is 2.60. The predicted octanol–water partition coefficient (Wildman–Crippen LogP) is 4.39. The lowest BCUT2D eigenvalue weighted by Crippen LogP contribution is -2.56. The summed E-state index contributed by atoms with van der Waals surface area (Å²) in [7, 11) is 2.05. The third-order valence-corrected chi connectivity index (χ3v) is 5.88. The third kappa shape index (κ3) is 3.58. The molecule has 0 spiro atoms.